The number of amides is 1. The number of carbonyl (C=O) groups excluding carboxylic acids is 1. The fraction of sp³-hybridized carbons (Fsp3) is 0.333. The van der Waals surface area contributed by atoms with Gasteiger partial charge in [-0.3, -0.25) is 4.79 Å². The first-order valence-corrected chi connectivity index (χ1v) is 10.5. The molecule has 1 amide bonds. The minimum absolute atomic E-state index is 0.218. The minimum Gasteiger partial charge on any atom is -0.406 e. The molecule has 1 fully saturated rings. The lowest BCUT2D eigenvalue weighted by Crippen LogP contribution is -2.38. The molecule has 0 aliphatic carbocycles. The first kappa shape index (κ1) is 21.5. The Kier molecular flexibility index (Phi) is 5.83. The third kappa shape index (κ3) is 4.63. The van der Waals surface area contributed by atoms with E-state index in [1.54, 1.807) is 18.1 Å². The number of nitrogens with one attached hydrogen (secondary N) is 2. The second kappa shape index (κ2) is 8.41. The Hall–Kier alpha value is -2.75. The number of aromatic nitrogens is 2. The molecule has 31 heavy (non-hydrogen) atoms. The summed E-state index contributed by atoms with van der Waals surface area (Å²) < 4.78 is 42.3. The highest BCUT2D eigenvalue weighted by Gasteiger charge is 2.32. The Bertz CT molecular complexity index is 1110. The predicted molar refractivity (Wildman–Crippen MR) is 114 cm³/mol. The van der Waals surface area contributed by atoms with Gasteiger partial charge in [-0.25, -0.2) is 4.98 Å². The van der Waals surface area contributed by atoms with E-state index in [2.05, 4.69) is 36.0 Å². The first-order chi connectivity index (χ1) is 14.7. The number of nitrogens with zero attached hydrogens (tertiary/aromatic N) is 2. The number of ether oxygens (including phenoxy) is 1. The van der Waals surface area contributed by atoms with Crippen LogP contribution >= 0.6 is 15.9 Å². The summed E-state index contributed by atoms with van der Waals surface area (Å²) in [6.07, 6.45) is 0.510. The SMILES string of the molecule is CNc1cc(OC(F)(F)F)ccc1C(=O)N1CCC(c2c[nH]c3ncc(Br)cc23)CC1. The lowest BCUT2D eigenvalue weighted by atomic mass is 9.89. The number of alkyl halides is 3. The molecule has 0 radical (unpaired) electrons. The number of hydrogen-bond acceptors (Lipinski definition) is 4. The molecule has 1 aliphatic rings. The average Bonchev–Trinajstić information content (AvgIpc) is 3.15. The van der Waals surface area contributed by atoms with Crippen molar-refractivity contribution in [2.45, 2.75) is 25.1 Å². The maximum Gasteiger partial charge on any atom is 0.573 e. The predicted octanol–water partition coefficient (Wildman–Crippen LogP) is 5.29. The summed E-state index contributed by atoms with van der Waals surface area (Å²) >= 11 is 3.46. The molecule has 10 heteroatoms. The monoisotopic (exact) mass is 496 g/mol. The molecule has 0 atom stereocenters. The molecule has 0 unspecified atom stereocenters. The van der Waals surface area contributed by atoms with Gasteiger partial charge in [0.15, 0.2) is 0 Å². The minimum atomic E-state index is -4.79. The van der Waals surface area contributed by atoms with Crippen LogP contribution in [0.4, 0.5) is 18.9 Å². The van der Waals surface area contributed by atoms with Crippen LogP contribution < -0.4 is 10.1 Å². The van der Waals surface area contributed by atoms with Gasteiger partial charge in [0.25, 0.3) is 5.91 Å². The lowest BCUT2D eigenvalue weighted by Gasteiger charge is -2.32. The molecule has 1 aromatic carbocycles. The maximum atomic E-state index is 13.0. The molecule has 2 N–H and O–H groups in total. The summed E-state index contributed by atoms with van der Waals surface area (Å²) in [7, 11) is 1.55. The van der Waals surface area contributed by atoms with Crippen LogP contribution in [-0.4, -0.2) is 47.3 Å². The quantitative estimate of drug-likeness (QED) is 0.515. The van der Waals surface area contributed by atoms with Gasteiger partial charge in [-0.2, -0.15) is 0 Å². The standard InChI is InChI=1S/C21H20BrF3N4O2/c1-26-18-9-14(31-21(23,24)25)2-3-15(18)20(30)29-6-4-12(5-7-29)17-11-28-19-16(17)8-13(22)10-27-19/h2-3,8-12,26H,4-7H2,1H3,(H,27,28). The zero-order chi connectivity index (χ0) is 22.2. The van der Waals surface area contributed by atoms with E-state index in [0.29, 0.717) is 30.3 Å². The molecular formula is C21H20BrF3N4O2. The summed E-state index contributed by atoms with van der Waals surface area (Å²) in [5.41, 5.74) is 2.62. The van der Waals surface area contributed by atoms with Crippen LogP contribution in [0.2, 0.25) is 0 Å². The van der Waals surface area contributed by atoms with E-state index in [4.69, 9.17) is 0 Å². The maximum absolute atomic E-state index is 13.0. The molecule has 1 saturated heterocycles. The molecule has 2 aromatic heterocycles. The summed E-state index contributed by atoms with van der Waals surface area (Å²) in [4.78, 5) is 22.3. The van der Waals surface area contributed by atoms with Gasteiger partial charge in [0, 0.05) is 48.5 Å². The Morgan fingerprint density at radius 3 is 2.71 bits per heavy atom. The second-order valence-electron chi connectivity index (χ2n) is 7.37. The summed E-state index contributed by atoms with van der Waals surface area (Å²) in [6, 6.07) is 5.75. The number of pyridine rings is 1. The van der Waals surface area contributed by atoms with Gasteiger partial charge < -0.3 is 19.9 Å². The van der Waals surface area contributed by atoms with Crippen LogP contribution in [0, 0.1) is 0 Å². The fourth-order valence-corrected chi connectivity index (χ4v) is 4.35. The molecular weight excluding hydrogens is 477 g/mol. The van der Waals surface area contributed by atoms with E-state index in [-0.39, 0.29) is 11.7 Å². The van der Waals surface area contributed by atoms with E-state index < -0.39 is 6.36 Å². The second-order valence-corrected chi connectivity index (χ2v) is 8.28. The third-order valence-electron chi connectivity index (χ3n) is 5.48. The normalized spacial score (nSPS) is 15.3. The van der Waals surface area contributed by atoms with Crippen molar-refractivity contribution in [3.8, 4) is 5.75 Å². The molecule has 6 nitrogen and oxygen atoms in total. The molecule has 164 valence electrons. The van der Waals surface area contributed by atoms with Crippen LogP contribution in [0.5, 0.6) is 5.75 Å². The van der Waals surface area contributed by atoms with E-state index in [0.717, 1.165) is 34.4 Å². The molecule has 0 bridgehead atoms. The van der Waals surface area contributed by atoms with E-state index >= 15 is 0 Å². The summed E-state index contributed by atoms with van der Waals surface area (Å²) in [6.45, 7) is 1.11. The van der Waals surface area contributed by atoms with Gasteiger partial charge in [-0.15, -0.1) is 13.2 Å². The number of likely N-dealkylation sites (tertiary alicyclic amines) is 1. The van der Waals surface area contributed by atoms with Crippen molar-refractivity contribution in [1.82, 2.24) is 14.9 Å². The van der Waals surface area contributed by atoms with E-state index in [9.17, 15) is 18.0 Å². The number of anilines is 1. The number of hydrogen-bond donors (Lipinski definition) is 2. The van der Waals surface area contributed by atoms with Crippen molar-refractivity contribution in [3.05, 3.63) is 52.3 Å². The highest BCUT2D eigenvalue weighted by molar-refractivity contribution is 9.10. The summed E-state index contributed by atoms with van der Waals surface area (Å²) in [5, 5.41) is 3.85. The number of benzene rings is 1. The Labute approximate surface area is 184 Å². The molecule has 4 rings (SSSR count). The van der Waals surface area contributed by atoms with Gasteiger partial charge in [0.2, 0.25) is 0 Å². The number of H-pyrrole nitrogens is 1. The van der Waals surface area contributed by atoms with E-state index in [1.807, 2.05) is 12.3 Å². The van der Waals surface area contributed by atoms with Crippen LogP contribution in [0.15, 0.2) is 41.1 Å². The zero-order valence-corrected chi connectivity index (χ0v) is 18.2. The number of carbonyl (C=O) groups is 1. The number of aromatic amines is 1. The first-order valence-electron chi connectivity index (χ1n) is 9.74. The van der Waals surface area contributed by atoms with Crippen LogP contribution in [-0.2, 0) is 0 Å². The molecule has 1 aliphatic heterocycles. The average molecular weight is 497 g/mol. The van der Waals surface area contributed by atoms with Crippen molar-refractivity contribution in [2.75, 3.05) is 25.5 Å². The molecule has 0 spiro atoms. The van der Waals surface area contributed by atoms with Crippen LogP contribution in [0.3, 0.4) is 0 Å². The number of halogens is 4. The Morgan fingerprint density at radius 2 is 2.03 bits per heavy atom. The number of piperidine rings is 1. The zero-order valence-electron chi connectivity index (χ0n) is 16.6. The third-order valence-corrected chi connectivity index (χ3v) is 5.91. The number of rotatable bonds is 4. The smallest absolute Gasteiger partial charge is 0.406 e. The number of fused-ring (bicyclic) bond motifs is 1. The Morgan fingerprint density at radius 1 is 1.29 bits per heavy atom. The van der Waals surface area contributed by atoms with Crippen LogP contribution in [0.1, 0.15) is 34.7 Å². The molecule has 0 saturated carbocycles. The highest BCUT2D eigenvalue weighted by atomic mass is 79.9. The lowest BCUT2D eigenvalue weighted by molar-refractivity contribution is -0.274. The van der Waals surface area contributed by atoms with Crippen molar-refractivity contribution < 1.29 is 22.7 Å². The van der Waals surface area contributed by atoms with Gasteiger partial charge in [0.05, 0.1) is 11.3 Å². The topological polar surface area (TPSA) is 70.2 Å². The van der Waals surface area contributed by atoms with Gasteiger partial charge in [-0.1, -0.05) is 0 Å². The highest BCUT2D eigenvalue weighted by Crippen LogP contribution is 2.35. The van der Waals surface area contributed by atoms with E-state index in [1.165, 1.54) is 17.7 Å². The fourth-order valence-electron chi connectivity index (χ4n) is 4.01. The molecule has 3 aromatic rings. The largest absolute Gasteiger partial charge is 0.573 e. The Balaban J connectivity index is 1.47. The van der Waals surface area contributed by atoms with Crippen molar-refractivity contribution >= 4 is 38.6 Å². The van der Waals surface area contributed by atoms with Crippen molar-refractivity contribution in [1.29, 1.82) is 0 Å². The van der Waals surface area contributed by atoms with Crippen LogP contribution in [0.25, 0.3) is 11.0 Å². The van der Waals surface area contributed by atoms with Gasteiger partial charge >= 0.3 is 6.36 Å². The summed E-state index contributed by atoms with van der Waals surface area (Å²) in [5.74, 6) is -0.295. The molecule has 3 heterocycles. The van der Waals surface area contributed by atoms with Crippen molar-refractivity contribution in [2.24, 2.45) is 0 Å². The van der Waals surface area contributed by atoms with Gasteiger partial charge in [-0.05, 0) is 58.5 Å². The van der Waals surface area contributed by atoms with Gasteiger partial charge in [0.1, 0.15) is 11.4 Å². The van der Waals surface area contributed by atoms with Crippen molar-refractivity contribution in [3.63, 3.8) is 0 Å².